The average molecular weight is 424 g/mol. The van der Waals surface area contributed by atoms with Gasteiger partial charge in [0, 0.05) is 51.5 Å². The molecule has 3 heterocycles. The fourth-order valence-electron chi connectivity index (χ4n) is 3.94. The quantitative estimate of drug-likeness (QED) is 0.678. The van der Waals surface area contributed by atoms with Gasteiger partial charge < -0.3 is 9.80 Å². The Morgan fingerprint density at radius 1 is 1.14 bits per heavy atom. The average Bonchev–Trinajstić information content (AvgIpc) is 3.23. The molecule has 162 valence electrons. The third kappa shape index (κ3) is 5.90. The van der Waals surface area contributed by atoms with E-state index in [1.807, 2.05) is 18.7 Å². The highest BCUT2D eigenvalue weighted by Gasteiger charge is 2.24. The molecule has 8 nitrogen and oxygen atoms in total. The van der Waals surface area contributed by atoms with Crippen molar-refractivity contribution in [2.45, 2.75) is 50.5 Å². The molecule has 2 aliphatic rings. The molecule has 0 bridgehead atoms. The van der Waals surface area contributed by atoms with Crippen molar-refractivity contribution in [1.29, 1.82) is 0 Å². The van der Waals surface area contributed by atoms with Crippen molar-refractivity contribution in [3.8, 4) is 0 Å². The largest absolute Gasteiger partial charge is 0.354 e. The standard InChI is InChI=1S/C20H33N5O3S/c1-3-6-17(2)22-29(27,28)18-7-8-19(21-15-18)24-13-11-23(12-14-24)16-20(26)25-9-4-5-10-25/h7-8,15,17,22H,3-6,9-14,16H2,1-2H3. The van der Waals surface area contributed by atoms with E-state index in [2.05, 4.69) is 19.5 Å². The maximum absolute atomic E-state index is 12.5. The van der Waals surface area contributed by atoms with Gasteiger partial charge in [-0.15, -0.1) is 0 Å². The smallest absolute Gasteiger partial charge is 0.242 e. The summed E-state index contributed by atoms with van der Waals surface area (Å²) in [4.78, 5) is 23.2. The Balaban J connectivity index is 1.51. The highest BCUT2D eigenvalue weighted by Crippen LogP contribution is 2.17. The number of pyridine rings is 1. The lowest BCUT2D eigenvalue weighted by molar-refractivity contribution is -0.131. The van der Waals surface area contributed by atoms with Gasteiger partial charge in [-0.2, -0.15) is 0 Å². The van der Waals surface area contributed by atoms with Gasteiger partial charge in [0.25, 0.3) is 0 Å². The number of amides is 1. The summed E-state index contributed by atoms with van der Waals surface area (Å²) in [7, 11) is -3.54. The number of hydrogen-bond donors (Lipinski definition) is 1. The van der Waals surface area contributed by atoms with E-state index in [1.165, 1.54) is 6.20 Å². The van der Waals surface area contributed by atoms with Gasteiger partial charge in [-0.05, 0) is 38.3 Å². The number of rotatable bonds is 8. The van der Waals surface area contributed by atoms with E-state index in [4.69, 9.17) is 0 Å². The number of aromatic nitrogens is 1. The first-order valence-electron chi connectivity index (χ1n) is 10.6. The highest BCUT2D eigenvalue weighted by atomic mass is 32.2. The number of sulfonamides is 1. The number of nitrogens with one attached hydrogen (secondary N) is 1. The van der Waals surface area contributed by atoms with Crippen LogP contribution in [-0.2, 0) is 14.8 Å². The lowest BCUT2D eigenvalue weighted by Crippen LogP contribution is -2.50. The second-order valence-electron chi connectivity index (χ2n) is 8.01. The van der Waals surface area contributed by atoms with Crippen LogP contribution in [0, 0.1) is 0 Å². The number of likely N-dealkylation sites (tertiary alicyclic amines) is 1. The predicted molar refractivity (Wildman–Crippen MR) is 113 cm³/mol. The fraction of sp³-hybridized carbons (Fsp3) is 0.700. The zero-order valence-electron chi connectivity index (χ0n) is 17.5. The van der Waals surface area contributed by atoms with Gasteiger partial charge in [-0.25, -0.2) is 18.1 Å². The van der Waals surface area contributed by atoms with Crippen LogP contribution in [0.1, 0.15) is 39.5 Å². The van der Waals surface area contributed by atoms with Gasteiger partial charge in [-0.3, -0.25) is 9.69 Å². The summed E-state index contributed by atoms with van der Waals surface area (Å²) in [5, 5.41) is 0. The Kier molecular flexibility index (Phi) is 7.48. The molecule has 0 aromatic carbocycles. The summed E-state index contributed by atoms with van der Waals surface area (Å²) in [5.41, 5.74) is 0. The van der Waals surface area contributed by atoms with Crippen LogP contribution < -0.4 is 9.62 Å². The van der Waals surface area contributed by atoms with Crippen LogP contribution in [-0.4, -0.2) is 81.0 Å². The third-order valence-electron chi connectivity index (χ3n) is 5.62. The van der Waals surface area contributed by atoms with Gasteiger partial charge in [0.15, 0.2) is 0 Å². The molecule has 1 aromatic rings. The minimum Gasteiger partial charge on any atom is -0.354 e. The Bertz CT molecular complexity index is 770. The van der Waals surface area contributed by atoms with Crippen LogP contribution in [0.15, 0.2) is 23.2 Å². The predicted octanol–water partition coefficient (Wildman–Crippen LogP) is 1.29. The topological polar surface area (TPSA) is 85.8 Å². The zero-order chi connectivity index (χ0) is 20.9. The first kappa shape index (κ1) is 22.0. The lowest BCUT2D eigenvalue weighted by atomic mass is 10.2. The Morgan fingerprint density at radius 3 is 2.41 bits per heavy atom. The zero-order valence-corrected chi connectivity index (χ0v) is 18.3. The maximum atomic E-state index is 12.5. The van der Waals surface area contributed by atoms with Crippen LogP contribution in [0.3, 0.4) is 0 Å². The van der Waals surface area contributed by atoms with E-state index in [0.29, 0.717) is 6.54 Å². The molecule has 0 aliphatic carbocycles. The van der Waals surface area contributed by atoms with Gasteiger partial charge in [0.1, 0.15) is 10.7 Å². The minimum atomic E-state index is -3.54. The van der Waals surface area contributed by atoms with E-state index in [9.17, 15) is 13.2 Å². The van der Waals surface area contributed by atoms with Crippen molar-refractivity contribution < 1.29 is 13.2 Å². The lowest BCUT2D eigenvalue weighted by Gasteiger charge is -2.35. The molecule has 2 aliphatic heterocycles. The van der Waals surface area contributed by atoms with E-state index in [0.717, 1.165) is 70.8 Å². The number of nitrogens with zero attached hydrogens (tertiary/aromatic N) is 4. The Hall–Kier alpha value is -1.71. The van der Waals surface area contributed by atoms with E-state index in [1.54, 1.807) is 12.1 Å². The number of carbonyl (C=O) groups is 1. The van der Waals surface area contributed by atoms with Crippen LogP contribution >= 0.6 is 0 Å². The molecule has 1 atom stereocenters. The summed E-state index contributed by atoms with van der Waals surface area (Å²) in [6, 6.07) is 3.29. The molecule has 2 fully saturated rings. The second-order valence-corrected chi connectivity index (χ2v) is 9.73. The summed E-state index contributed by atoms with van der Waals surface area (Å²) < 4.78 is 27.6. The van der Waals surface area contributed by atoms with Crippen LogP contribution in [0.2, 0.25) is 0 Å². The first-order chi connectivity index (χ1) is 13.9. The normalized spacial score (nSPS) is 19.5. The summed E-state index contributed by atoms with van der Waals surface area (Å²) in [6.45, 7) is 9.33. The Labute approximate surface area is 174 Å². The van der Waals surface area contributed by atoms with E-state index in [-0.39, 0.29) is 16.8 Å². The Morgan fingerprint density at radius 2 is 1.83 bits per heavy atom. The SMILES string of the molecule is CCCC(C)NS(=O)(=O)c1ccc(N2CCN(CC(=O)N3CCCC3)CC2)nc1. The molecule has 3 rings (SSSR count). The first-order valence-corrected chi connectivity index (χ1v) is 12.1. The van der Waals surface area contributed by atoms with E-state index >= 15 is 0 Å². The van der Waals surface area contributed by atoms with E-state index < -0.39 is 10.0 Å². The molecule has 1 aromatic heterocycles. The van der Waals surface area contributed by atoms with Gasteiger partial charge in [0.05, 0.1) is 6.54 Å². The minimum absolute atomic E-state index is 0.0963. The molecule has 1 amide bonds. The summed E-state index contributed by atoms with van der Waals surface area (Å²) >= 11 is 0. The van der Waals surface area contributed by atoms with Gasteiger partial charge in [-0.1, -0.05) is 13.3 Å². The van der Waals surface area contributed by atoms with Gasteiger partial charge in [0.2, 0.25) is 15.9 Å². The highest BCUT2D eigenvalue weighted by molar-refractivity contribution is 7.89. The van der Waals surface area contributed by atoms with Crippen molar-refractivity contribution in [2.75, 3.05) is 50.7 Å². The molecule has 0 radical (unpaired) electrons. The van der Waals surface area contributed by atoms with Crippen molar-refractivity contribution in [3.63, 3.8) is 0 Å². The molecule has 2 saturated heterocycles. The van der Waals surface area contributed by atoms with Crippen molar-refractivity contribution in [1.82, 2.24) is 19.5 Å². The van der Waals surface area contributed by atoms with Crippen LogP contribution in [0.4, 0.5) is 5.82 Å². The monoisotopic (exact) mass is 423 g/mol. The molecular weight excluding hydrogens is 390 g/mol. The van der Waals surface area contributed by atoms with Gasteiger partial charge >= 0.3 is 0 Å². The van der Waals surface area contributed by atoms with Crippen molar-refractivity contribution in [2.24, 2.45) is 0 Å². The molecule has 1 N–H and O–H groups in total. The van der Waals surface area contributed by atoms with Crippen molar-refractivity contribution in [3.05, 3.63) is 18.3 Å². The summed E-state index contributed by atoms with van der Waals surface area (Å²) in [5.74, 6) is 1.00. The number of anilines is 1. The molecule has 0 saturated carbocycles. The molecule has 9 heteroatoms. The molecule has 0 spiro atoms. The molecule has 1 unspecified atom stereocenters. The fourth-order valence-corrected chi connectivity index (χ4v) is 5.16. The number of piperazine rings is 1. The van der Waals surface area contributed by atoms with Crippen LogP contribution in [0.25, 0.3) is 0 Å². The number of carbonyl (C=O) groups excluding carboxylic acids is 1. The number of hydrogen-bond acceptors (Lipinski definition) is 6. The second kappa shape index (κ2) is 9.86. The van der Waals surface area contributed by atoms with Crippen molar-refractivity contribution >= 4 is 21.7 Å². The maximum Gasteiger partial charge on any atom is 0.242 e. The molecule has 29 heavy (non-hydrogen) atoms. The van der Waals surface area contributed by atoms with Crippen LogP contribution in [0.5, 0.6) is 0 Å². The third-order valence-corrected chi connectivity index (χ3v) is 7.20. The molecular formula is C20H33N5O3S. The summed E-state index contributed by atoms with van der Waals surface area (Å²) in [6.07, 6.45) is 5.39.